The molecule has 1 saturated heterocycles. The number of halogens is 3. The van der Waals surface area contributed by atoms with E-state index in [1.54, 1.807) is 4.90 Å². The van der Waals surface area contributed by atoms with Gasteiger partial charge in [0.1, 0.15) is 6.04 Å². The second-order valence-electron chi connectivity index (χ2n) is 10.3. The topological polar surface area (TPSA) is 73.0 Å². The highest BCUT2D eigenvalue weighted by Gasteiger charge is 2.49. The molecule has 1 fully saturated rings. The maximum absolute atomic E-state index is 14.2. The van der Waals surface area contributed by atoms with Crippen molar-refractivity contribution in [1.29, 1.82) is 0 Å². The summed E-state index contributed by atoms with van der Waals surface area (Å²) in [6, 6.07) is 11.4. The third-order valence-electron chi connectivity index (χ3n) is 7.74. The third-order valence-corrected chi connectivity index (χ3v) is 7.74. The molecule has 0 aromatic heterocycles. The summed E-state index contributed by atoms with van der Waals surface area (Å²) in [7, 11) is 0. The van der Waals surface area contributed by atoms with Gasteiger partial charge < -0.3 is 15.1 Å². The lowest BCUT2D eigenvalue weighted by Gasteiger charge is -2.35. The van der Waals surface area contributed by atoms with Gasteiger partial charge in [-0.1, -0.05) is 54.6 Å². The number of benzene rings is 2. The van der Waals surface area contributed by atoms with Crippen molar-refractivity contribution < 1.29 is 27.6 Å². The van der Waals surface area contributed by atoms with Gasteiger partial charge in [0.25, 0.3) is 5.91 Å². The zero-order valence-corrected chi connectivity index (χ0v) is 22.0. The summed E-state index contributed by atoms with van der Waals surface area (Å²) in [5.41, 5.74) is 0.0431. The van der Waals surface area contributed by atoms with Gasteiger partial charge in [-0.05, 0) is 36.5 Å². The molecule has 40 heavy (non-hydrogen) atoms. The van der Waals surface area contributed by atoms with Crippen LogP contribution in [0.5, 0.6) is 0 Å². The van der Waals surface area contributed by atoms with Crippen molar-refractivity contribution in [3.63, 3.8) is 0 Å². The number of hydrogen-bond donors (Lipinski definition) is 1. The Balaban J connectivity index is 1.57. The smallest absolute Gasteiger partial charge is 0.341 e. The zero-order chi connectivity index (χ0) is 28.4. The summed E-state index contributed by atoms with van der Waals surface area (Å²) in [6.45, 7) is 4.85. The maximum atomic E-state index is 14.2. The predicted molar refractivity (Wildman–Crippen MR) is 143 cm³/mol. The fourth-order valence-electron chi connectivity index (χ4n) is 5.82. The van der Waals surface area contributed by atoms with Crippen LogP contribution in [-0.2, 0) is 22.2 Å². The number of piperidine rings is 1. The Morgan fingerprint density at radius 3 is 2.38 bits per heavy atom. The minimum atomic E-state index is -4.69. The second kappa shape index (κ2) is 11.2. The first kappa shape index (κ1) is 27.5. The Hall–Kier alpha value is -4.08. The number of likely N-dealkylation sites (tertiary alicyclic amines) is 1. The lowest BCUT2D eigenvalue weighted by Crippen LogP contribution is -2.52. The van der Waals surface area contributed by atoms with Crippen molar-refractivity contribution in [2.75, 3.05) is 26.2 Å². The van der Waals surface area contributed by atoms with Gasteiger partial charge >= 0.3 is 12.2 Å². The SMILES string of the molecule is C=CCN1C(=O)N[C@@H](c2ccccc2C(F)(F)F)C2=C1CN([C@H](Cc1ccccc1)C(=O)N1CCCCC1)C2=O. The molecule has 0 radical (unpaired) electrons. The molecule has 1 N–H and O–H groups in total. The molecular formula is C30H31F3N4O3. The van der Waals surface area contributed by atoms with Gasteiger partial charge in [-0.3, -0.25) is 14.5 Å². The quantitative estimate of drug-likeness (QED) is 0.508. The first-order chi connectivity index (χ1) is 19.2. The van der Waals surface area contributed by atoms with Crippen LogP contribution in [0.15, 0.2) is 78.5 Å². The highest BCUT2D eigenvalue weighted by atomic mass is 19.4. The van der Waals surface area contributed by atoms with E-state index in [1.165, 1.54) is 34.1 Å². The summed E-state index contributed by atoms with van der Waals surface area (Å²) >= 11 is 0. The van der Waals surface area contributed by atoms with E-state index in [0.717, 1.165) is 30.9 Å². The van der Waals surface area contributed by atoms with E-state index < -0.39 is 35.8 Å². The highest BCUT2D eigenvalue weighted by Crippen LogP contribution is 2.42. The maximum Gasteiger partial charge on any atom is 0.416 e. The van der Waals surface area contributed by atoms with Crippen LogP contribution < -0.4 is 5.32 Å². The molecule has 3 aliphatic rings. The molecule has 5 rings (SSSR count). The molecular weight excluding hydrogens is 521 g/mol. The van der Waals surface area contributed by atoms with Crippen molar-refractivity contribution in [2.24, 2.45) is 0 Å². The third kappa shape index (κ3) is 5.22. The standard InChI is InChI=1S/C30H31F3N4O3/c1-2-15-36-24-19-37(23(18-20-11-5-3-6-12-20)27(38)35-16-9-4-10-17-35)28(39)25(24)26(34-29(36)40)21-13-7-8-14-22(21)30(31,32)33/h2-3,5-8,11-14,23,26H,1,4,9-10,15-19H2,(H,34,40)/t23-,26+/m1/s1. The van der Waals surface area contributed by atoms with Gasteiger partial charge in [-0.15, -0.1) is 6.58 Å². The average molecular weight is 553 g/mol. The number of carbonyl (C=O) groups is 3. The van der Waals surface area contributed by atoms with Crippen molar-refractivity contribution in [3.05, 3.63) is 95.2 Å². The van der Waals surface area contributed by atoms with Crippen molar-refractivity contribution >= 4 is 17.8 Å². The number of carbonyl (C=O) groups excluding carboxylic acids is 3. The summed E-state index contributed by atoms with van der Waals surface area (Å²) in [6.07, 6.45) is -0.197. The molecule has 0 bridgehead atoms. The van der Waals surface area contributed by atoms with E-state index in [2.05, 4.69) is 11.9 Å². The summed E-state index contributed by atoms with van der Waals surface area (Å²) in [4.78, 5) is 45.8. The van der Waals surface area contributed by atoms with Crippen molar-refractivity contribution in [2.45, 2.75) is 43.9 Å². The van der Waals surface area contributed by atoms with E-state index in [0.29, 0.717) is 18.8 Å². The lowest BCUT2D eigenvalue weighted by molar-refractivity contribution is -0.143. The molecule has 3 aliphatic heterocycles. The molecule has 0 unspecified atom stereocenters. The number of hydrogen-bond acceptors (Lipinski definition) is 3. The van der Waals surface area contributed by atoms with Crippen molar-refractivity contribution in [1.82, 2.24) is 20.0 Å². The number of amides is 4. The molecule has 10 heteroatoms. The van der Waals surface area contributed by atoms with Crippen LogP contribution in [0.4, 0.5) is 18.0 Å². The van der Waals surface area contributed by atoms with E-state index in [1.807, 2.05) is 30.3 Å². The van der Waals surface area contributed by atoms with Crippen LogP contribution >= 0.6 is 0 Å². The van der Waals surface area contributed by atoms with Gasteiger partial charge in [0.05, 0.1) is 29.4 Å². The van der Waals surface area contributed by atoms with Crippen LogP contribution in [0.1, 0.15) is 42.0 Å². The van der Waals surface area contributed by atoms with E-state index >= 15 is 0 Å². The Morgan fingerprint density at radius 2 is 1.70 bits per heavy atom. The molecule has 7 nitrogen and oxygen atoms in total. The molecule has 0 aliphatic carbocycles. The molecule has 2 aromatic rings. The number of rotatable bonds is 7. The average Bonchev–Trinajstić information content (AvgIpc) is 3.30. The van der Waals surface area contributed by atoms with Crippen LogP contribution in [0.3, 0.4) is 0 Å². The minimum absolute atomic E-state index is 0.0441. The van der Waals surface area contributed by atoms with Gasteiger partial charge in [0, 0.05) is 26.1 Å². The Kier molecular flexibility index (Phi) is 7.69. The minimum Gasteiger partial charge on any atom is -0.341 e. The van der Waals surface area contributed by atoms with Gasteiger partial charge in [-0.2, -0.15) is 13.2 Å². The highest BCUT2D eigenvalue weighted by molar-refractivity contribution is 6.03. The predicted octanol–water partition coefficient (Wildman–Crippen LogP) is 4.68. The Labute approximate surface area is 230 Å². The zero-order valence-electron chi connectivity index (χ0n) is 22.0. The molecule has 2 atom stereocenters. The normalized spacial score (nSPS) is 20.4. The van der Waals surface area contributed by atoms with E-state index in [4.69, 9.17) is 0 Å². The fraction of sp³-hybridized carbons (Fsp3) is 0.367. The van der Waals surface area contributed by atoms with E-state index in [-0.39, 0.29) is 36.6 Å². The van der Waals surface area contributed by atoms with E-state index in [9.17, 15) is 27.6 Å². The number of alkyl halides is 3. The first-order valence-corrected chi connectivity index (χ1v) is 13.4. The van der Waals surface area contributed by atoms with Crippen LogP contribution in [0.2, 0.25) is 0 Å². The van der Waals surface area contributed by atoms with Gasteiger partial charge in [0.2, 0.25) is 5.91 Å². The van der Waals surface area contributed by atoms with Crippen LogP contribution in [0, 0.1) is 0 Å². The second-order valence-corrected chi connectivity index (χ2v) is 10.3. The van der Waals surface area contributed by atoms with Crippen molar-refractivity contribution in [3.8, 4) is 0 Å². The fourth-order valence-corrected chi connectivity index (χ4v) is 5.82. The molecule has 2 aromatic carbocycles. The Bertz CT molecular complexity index is 1340. The largest absolute Gasteiger partial charge is 0.416 e. The van der Waals surface area contributed by atoms with Gasteiger partial charge in [-0.25, -0.2) is 4.79 Å². The Morgan fingerprint density at radius 1 is 1.02 bits per heavy atom. The first-order valence-electron chi connectivity index (χ1n) is 13.4. The number of nitrogens with zero attached hydrogens (tertiary/aromatic N) is 3. The van der Waals surface area contributed by atoms with Crippen LogP contribution in [0.25, 0.3) is 0 Å². The van der Waals surface area contributed by atoms with Crippen LogP contribution in [-0.4, -0.2) is 64.8 Å². The molecule has 0 saturated carbocycles. The summed E-state index contributed by atoms with van der Waals surface area (Å²) in [5.74, 6) is -0.754. The molecule has 210 valence electrons. The van der Waals surface area contributed by atoms with Gasteiger partial charge in [0.15, 0.2) is 0 Å². The lowest BCUT2D eigenvalue weighted by atomic mass is 9.91. The summed E-state index contributed by atoms with van der Waals surface area (Å²) in [5, 5.41) is 2.62. The monoisotopic (exact) mass is 552 g/mol. The number of urea groups is 1. The molecule has 4 amide bonds. The number of nitrogens with one attached hydrogen (secondary N) is 1. The molecule has 0 spiro atoms. The molecule has 3 heterocycles. The summed E-state index contributed by atoms with van der Waals surface area (Å²) < 4.78 is 42.0.